The van der Waals surface area contributed by atoms with Crippen LogP contribution in [0, 0.1) is 11.3 Å². The van der Waals surface area contributed by atoms with Gasteiger partial charge in [-0.1, -0.05) is 54.2 Å². The predicted molar refractivity (Wildman–Crippen MR) is 92.0 cm³/mol. The average Bonchev–Trinajstić information content (AvgIpc) is 3.27. The van der Waals surface area contributed by atoms with Crippen molar-refractivity contribution < 1.29 is 14.1 Å². The summed E-state index contributed by atoms with van der Waals surface area (Å²) < 4.78 is 10.2. The van der Waals surface area contributed by atoms with Crippen LogP contribution in [0.15, 0.2) is 59.5 Å². The Hall–Kier alpha value is -1.98. The fourth-order valence-electron chi connectivity index (χ4n) is 2.83. The molecule has 2 aromatic carbocycles. The van der Waals surface area contributed by atoms with Gasteiger partial charge >= 0.3 is 7.12 Å². The Morgan fingerprint density at radius 1 is 1.12 bits per heavy atom. The van der Waals surface area contributed by atoms with E-state index in [4.69, 9.17) is 14.1 Å². The van der Waals surface area contributed by atoms with E-state index in [1.165, 1.54) is 11.8 Å². The van der Waals surface area contributed by atoms with Gasteiger partial charge in [0.1, 0.15) is 6.07 Å². The Morgan fingerprint density at radius 3 is 2.58 bits per heavy atom. The van der Waals surface area contributed by atoms with E-state index in [2.05, 4.69) is 6.07 Å². The molecule has 0 bridgehead atoms. The number of thioether (sulfide) groups is 1. The number of anilines is 1. The fraction of sp³-hybridized carbons (Fsp3) is 0.235. The quantitative estimate of drug-likeness (QED) is 0.799. The number of hydrogen-bond donors (Lipinski definition) is 0. The van der Waals surface area contributed by atoms with Gasteiger partial charge < -0.3 is 9.31 Å². The third-order valence-corrected chi connectivity index (χ3v) is 5.28. The van der Waals surface area contributed by atoms with Crippen LogP contribution in [0.1, 0.15) is 5.56 Å². The molecular formula is C17H15BN2O3S. The van der Waals surface area contributed by atoms with E-state index in [1.807, 2.05) is 54.6 Å². The summed E-state index contributed by atoms with van der Waals surface area (Å²) in [5.74, 6) is 0. The standard InChI is InChI=1S/C17H15BN2O3S/c19-13-17(18-21-10-11-22-18)20(15-8-4-5-9-16(15)24-17)23-12-14-6-2-1-3-7-14/h1-9H,10-12H2. The van der Waals surface area contributed by atoms with E-state index in [9.17, 15) is 5.26 Å². The van der Waals surface area contributed by atoms with Crippen molar-refractivity contribution in [1.82, 2.24) is 0 Å². The van der Waals surface area contributed by atoms with Gasteiger partial charge in [-0.15, -0.1) is 0 Å². The summed E-state index contributed by atoms with van der Waals surface area (Å²) in [6, 6.07) is 20.0. The summed E-state index contributed by atoms with van der Waals surface area (Å²) in [6.45, 7) is 1.33. The van der Waals surface area contributed by atoms with Gasteiger partial charge in [0.2, 0.25) is 4.77 Å². The van der Waals surface area contributed by atoms with Crippen molar-refractivity contribution in [3.63, 3.8) is 0 Å². The number of para-hydroxylation sites is 1. The molecule has 0 aliphatic carbocycles. The number of rotatable bonds is 4. The lowest BCUT2D eigenvalue weighted by Crippen LogP contribution is -2.55. The minimum Gasteiger partial charge on any atom is -0.406 e. The van der Waals surface area contributed by atoms with E-state index < -0.39 is 11.9 Å². The Morgan fingerprint density at radius 2 is 1.83 bits per heavy atom. The summed E-state index contributed by atoms with van der Waals surface area (Å²) in [4.78, 5) is 7.04. The molecule has 0 saturated carbocycles. The van der Waals surface area contributed by atoms with Gasteiger partial charge in [-0.25, -0.2) is 5.06 Å². The van der Waals surface area contributed by atoms with Crippen molar-refractivity contribution in [3.05, 3.63) is 60.2 Å². The maximum Gasteiger partial charge on any atom is 0.514 e. The summed E-state index contributed by atoms with van der Waals surface area (Å²) in [5, 5.41) is 11.6. The normalized spacial score (nSPS) is 22.5. The van der Waals surface area contributed by atoms with Crippen molar-refractivity contribution in [2.75, 3.05) is 18.3 Å². The monoisotopic (exact) mass is 338 g/mol. The molecule has 2 heterocycles. The molecule has 120 valence electrons. The summed E-state index contributed by atoms with van der Waals surface area (Å²) >= 11 is 1.41. The third kappa shape index (κ3) is 2.58. The molecule has 0 spiro atoms. The first kappa shape index (κ1) is 15.5. The molecule has 5 nitrogen and oxygen atoms in total. The first-order valence-electron chi connectivity index (χ1n) is 7.73. The minimum atomic E-state index is -1.09. The average molecular weight is 338 g/mol. The molecule has 1 unspecified atom stereocenters. The number of hydroxylamine groups is 1. The first-order valence-corrected chi connectivity index (χ1v) is 8.55. The molecule has 24 heavy (non-hydrogen) atoms. The smallest absolute Gasteiger partial charge is 0.406 e. The van der Waals surface area contributed by atoms with Crippen molar-refractivity contribution in [3.8, 4) is 6.07 Å². The maximum atomic E-state index is 9.96. The molecule has 4 rings (SSSR count). The fourth-order valence-corrected chi connectivity index (χ4v) is 4.08. The minimum absolute atomic E-state index is 0.367. The van der Waals surface area contributed by atoms with Crippen LogP contribution < -0.4 is 5.06 Å². The molecule has 1 fully saturated rings. The van der Waals surface area contributed by atoms with Gasteiger partial charge in [-0.3, -0.25) is 4.84 Å². The highest BCUT2D eigenvalue weighted by atomic mass is 32.2. The van der Waals surface area contributed by atoms with Crippen molar-refractivity contribution in [2.45, 2.75) is 16.3 Å². The highest BCUT2D eigenvalue weighted by molar-refractivity contribution is 8.03. The number of nitrogens with zero attached hydrogens (tertiary/aromatic N) is 2. The van der Waals surface area contributed by atoms with Crippen LogP contribution in [0.3, 0.4) is 0 Å². The molecule has 0 N–H and O–H groups in total. The Labute approximate surface area is 145 Å². The van der Waals surface area contributed by atoms with Crippen molar-refractivity contribution >= 4 is 24.6 Å². The van der Waals surface area contributed by atoms with Crippen LogP contribution in [0.5, 0.6) is 0 Å². The second-order valence-electron chi connectivity index (χ2n) is 5.50. The molecular weight excluding hydrogens is 323 g/mol. The molecule has 1 saturated heterocycles. The van der Waals surface area contributed by atoms with Gasteiger partial charge in [-0.05, 0) is 17.7 Å². The number of hydrogen-bond acceptors (Lipinski definition) is 6. The molecule has 7 heteroatoms. The number of nitriles is 1. The van der Waals surface area contributed by atoms with Gasteiger partial charge in [0.15, 0.2) is 0 Å². The largest absolute Gasteiger partial charge is 0.514 e. The molecule has 0 aromatic heterocycles. The maximum absolute atomic E-state index is 9.96. The second kappa shape index (κ2) is 6.50. The van der Waals surface area contributed by atoms with Gasteiger partial charge in [0, 0.05) is 4.90 Å². The number of fused-ring (bicyclic) bond motifs is 1. The van der Waals surface area contributed by atoms with Crippen molar-refractivity contribution in [1.29, 1.82) is 5.26 Å². The van der Waals surface area contributed by atoms with Crippen molar-refractivity contribution in [2.24, 2.45) is 0 Å². The molecule has 2 aromatic rings. The zero-order chi connectivity index (χ0) is 16.4. The lowest BCUT2D eigenvalue weighted by Gasteiger charge is -2.32. The molecule has 0 radical (unpaired) electrons. The predicted octanol–water partition coefficient (Wildman–Crippen LogP) is 3.02. The molecule has 0 amide bonds. The van der Waals surface area contributed by atoms with E-state index in [0.29, 0.717) is 19.8 Å². The molecule has 2 aliphatic rings. The second-order valence-corrected chi connectivity index (χ2v) is 6.77. The SMILES string of the molecule is N#CC1(B2OCCO2)Sc2ccccc2N1OCc1ccccc1. The Kier molecular flexibility index (Phi) is 4.21. The van der Waals surface area contributed by atoms with Gasteiger partial charge in [-0.2, -0.15) is 5.26 Å². The van der Waals surface area contributed by atoms with Crippen LogP contribution in [-0.4, -0.2) is 25.1 Å². The first-order chi connectivity index (χ1) is 11.8. The Bertz CT molecular complexity index is 764. The van der Waals surface area contributed by atoms with Crippen LogP contribution in [0.4, 0.5) is 5.69 Å². The summed E-state index contributed by atoms with van der Waals surface area (Å²) in [6.07, 6.45) is 0. The molecule has 2 aliphatic heterocycles. The highest BCUT2D eigenvalue weighted by Gasteiger charge is 2.60. The number of benzene rings is 2. The Balaban J connectivity index is 1.67. The van der Waals surface area contributed by atoms with Gasteiger partial charge in [0.25, 0.3) is 0 Å². The topological polar surface area (TPSA) is 54.7 Å². The summed E-state index contributed by atoms with van der Waals surface area (Å²) in [5.41, 5.74) is 1.89. The van der Waals surface area contributed by atoms with Crippen LogP contribution >= 0.6 is 11.8 Å². The van der Waals surface area contributed by atoms with Gasteiger partial charge in [0.05, 0.1) is 25.5 Å². The third-order valence-electron chi connectivity index (χ3n) is 3.96. The van der Waals surface area contributed by atoms with E-state index in [0.717, 1.165) is 16.1 Å². The molecule has 1 atom stereocenters. The van der Waals surface area contributed by atoms with Crippen LogP contribution in [-0.2, 0) is 20.8 Å². The summed E-state index contributed by atoms with van der Waals surface area (Å²) in [7, 11) is -0.657. The van der Waals surface area contributed by atoms with Crippen LogP contribution in [0.2, 0.25) is 0 Å². The van der Waals surface area contributed by atoms with E-state index >= 15 is 0 Å². The van der Waals surface area contributed by atoms with E-state index in [1.54, 1.807) is 5.06 Å². The zero-order valence-electron chi connectivity index (χ0n) is 12.9. The lowest BCUT2D eigenvalue weighted by molar-refractivity contribution is 0.0847. The van der Waals surface area contributed by atoms with Crippen LogP contribution in [0.25, 0.3) is 0 Å². The highest BCUT2D eigenvalue weighted by Crippen LogP contribution is 2.52. The van der Waals surface area contributed by atoms with E-state index in [-0.39, 0.29) is 0 Å². The lowest BCUT2D eigenvalue weighted by atomic mass is 9.78. The zero-order valence-corrected chi connectivity index (χ0v) is 13.7.